The van der Waals surface area contributed by atoms with Crippen LogP contribution in [0.4, 0.5) is 10.2 Å². The van der Waals surface area contributed by atoms with E-state index < -0.39 is 28.3 Å². The summed E-state index contributed by atoms with van der Waals surface area (Å²) in [6.45, 7) is 18.1. The number of hydrogen-bond donors (Lipinski definition) is 0. The zero-order valence-corrected chi connectivity index (χ0v) is 32.9. The normalized spacial score (nSPS) is 17.6. The quantitative estimate of drug-likeness (QED) is 0.0466. The molecule has 1 fully saturated rings. The first kappa shape index (κ1) is 37.8. The predicted molar refractivity (Wildman–Crippen MR) is 202 cm³/mol. The summed E-state index contributed by atoms with van der Waals surface area (Å²) in [5.74, 6) is -0.165. The third-order valence-corrected chi connectivity index (χ3v) is 12.7. The fourth-order valence-corrected chi connectivity index (χ4v) is 7.70. The highest BCUT2D eigenvalue weighted by molar-refractivity contribution is 6.76. The van der Waals surface area contributed by atoms with Crippen LogP contribution in [0.25, 0.3) is 22.5 Å². The smallest absolute Gasteiger partial charge is 0.341 e. The van der Waals surface area contributed by atoms with Gasteiger partial charge in [0.2, 0.25) is 0 Å². The minimum atomic E-state index is -1.60. The SMILES string of the molecule is CCOC(=O)C(F)[C@H]1CC[C@@H](c2cc(N(COCC[Si](C)(C)C)COCC[Si](C)(C)C)n3ncc(-c4cnn(-c5ccccc5)c4)c3n2)CC1. The monoisotopic (exact) mass is 722 g/mol. The molecule has 1 aromatic carbocycles. The van der Waals surface area contributed by atoms with Crippen LogP contribution in [-0.4, -0.2) is 85.9 Å². The highest BCUT2D eigenvalue weighted by Gasteiger charge is 2.34. The van der Waals surface area contributed by atoms with Crippen LogP contribution >= 0.6 is 0 Å². The summed E-state index contributed by atoms with van der Waals surface area (Å²) in [4.78, 5) is 19.5. The van der Waals surface area contributed by atoms with Crippen LogP contribution in [-0.2, 0) is 19.0 Å². The number of carbonyl (C=O) groups excluding carboxylic acids is 1. The molecule has 5 rings (SSSR count). The van der Waals surface area contributed by atoms with Gasteiger partial charge in [-0.15, -0.1) is 0 Å². The van der Waals surface area contributed by atoms with Crippen molar-refractivity contribution < 1.29 is 23.4 Å². The van der Waals surface area contributed by atoms with E-state index >= 15 is 4.39 Å². The van der Waals surface area contributed by atoms with Crippen molar-refractivity contribution >= 4 is 33.6 Å². The molecule has 0 aliphatic heterocycles. The third-order valence-electron chi connectivity index (χ3n) is 9.31. The molecule has 13 heteroatoms. The Morgan fingerprint density at radius 3 is 2.18 bits per heavy atom. The molecule has 0 spiro atoms. The number of ether oxygens (including phenoxy) is 3. The van der Waals surface area contributed by atoms with Crippen LogP contribution in [0.2, 0.25) is 51.4 Å². The Morgan fingerprint density at radius 2 is 1.58 bits per heavy atom. The van der Waals surface area contributed by atoms with E-state index in [1.54, 1.807) is 6.92 Å². The Bertz CT molecular complexity index is 1660. The zero-order chi connectivity index (χ0) is 35.9. The van der Waals surface area contributed by atoms with Crippen molar-refractivity contribution in [1.82, 2.24) is 24.4 Å². The lowest BCUT2D eigenvalue weighted by molar-refractivity contribution is -0.151. The molecule has 1 saturated carbocycles. The second-order valence-corrected chi connectivity index (χ2v) is 27.1. The largest absolute Gasteiger partial charge is 0.464 e. The number of aromatic nitrogens is 5. The van der Waals surface area contributed by atoms with E-state index in [1.165, 1.54) is 0 Å². The molecule has 0 bridgehead atoms. The molecule has 0 radical (unpaired) electrons. The molecular formula is C37H55FN6O4Si2. The Hall–Kier alpha value is -3.40. The second kappa shape index (κ2) is 16.7. The van der Waals surface area contributed by atoms with E-state index in [-0.39, 0.29) is 18.4 Å². The first-order valence-electron chi connectivity index (χ1n) is 18.0. The lowest BCUT2D eigenvalue weighted by atomic mass is 9.78. The number of rotatable bonds is 17. The van der Waals surface area contributed by atoms with Gasteiger partial charge in [0.05, 0.1) is 24.7 Å². The highest BCUT2D eigenvalue weighted by Crippen LogP contribution is 2.39. The molecule has 1 unspecified atom stereocenters. The summed E-state index contributed by atoms with van der Waals surface area (Å²) >= 11 is 0. The van der Waals surface area contributed by atoms with Gasteiger partial charge >= 0.3 is 5.97 Å². The van der Waals surface area contributed by atoms with Gasteiger partial charge in [0.25, 0.3) is 0 Å². The Labute approximate surface area is 298 Å². The van der Waals surface area contributed by atoms with E-state index in [0.717, 1.165) is 58.9 Å². The third kappa shape index (κ3) is 10.1. The van der Waals surface area contributed by atoms with E-state index in [2.05, 4.69) is 55.3 Å². The molecule has 1 aliphatic carbocycles. The average molecular weight is 723 g/mol. The van der Waals surface area contributed by atoms with Crippen LogP contribution in [0.5, 0.6) is 0 Å². The number of benzene rings is 1. The molecule has 1 atom stereocenters. The molecular weight excluding hydrogens is 668 g/mol. The van der Waals surface area contributed by atoms with Crippen molar-refractivity contribution in [2.24, 2.45) is 5.92 Å². The number of carbonyl (C=O) groups is 1. The fourth-order valence-electron chi connectivity index (χ4n) is 6.18. The number of hydrogen-bond acceptors (Lipinski definition) is 8. The molecule has 272 valence electrons. The molecule has 0 saturated heterocycles. The van der Waals surface area contributed by atoms with Crippen molar-refractivity contribution in [3.05, 3.63) is 60.7 Å². The van der Waals surface area contributed by atoms with Crippen LogP contribution in [0.3, 0.4) is 0 Å². The number of fused-ring (bicyclic) bond motifs is 1. The van der Waals surface area contributed by atoms with Gasteiger partial charge in [-0.2, -0.15) is 14.7 Å². The Balaban J connectivity index is 1.49. The van der Waals surface area contributed by atoms with Crippen LogP contribution < -0.4 is 4.90 Å². The van der Waals surface area contributed by atoms with E-state index in [0.29, 0.717) is 39.5 Å². The zero-order valence-electron chi connectivity index (χ0n) is 30.9. The van der Waals surface area contributed by atoms with Gasteiger partial charge in [0, 0.05) is 70.3 Å². The number of alkyl halides is 1. The van der Waals surface area contributed by atoms with E-state index in [4.69, 9.17) is 24.3 Å². The van der Waals surface area contributed by atoms with Crippen molar-refractivity contribution in [1.29, 1.82) is 0 Å². The van der Waals surface area contributed by atoms with Crippen LogP contribution in [0.15, 0.2) is 55.0 Å². The number of anilines is 1. The lowest BCUT2D eigenvalue weighted by Crippen LogP contribution is -2.33. The van der Waals surface area contributed by atoms with Crippen molar-refractivity contribution in [2.75, 3.05) is 38.2 Å². The van der Waals surface area contributed by atoms with Gasteiger partial charge in [-0.05, 0) is 56.8 Å². The van der Waals surface area contributed by atoms with E-state index in [1.807, 2.05) is 58.1 Å². The second-order valence-electron chi connectivity index (χ2n) is 15.8. The maximum Gasteiger partial charge on any atom is 0.341 e. The fraction of sp³-hybridized carbons (Fsp3) is 0.568. The highest BCUT2D eigenvalue weighted by atomic mass is 28.3. The number of para-hydroxylation sites is 1. The lowest BCUT2D eigenvalue weighted by Gasteiger charge is -2.31. The standard InChI is InChI=1S/C37H55FN6O4Si2/c1-8-48-37(45)35(38)29-16-14-28(15-17-29)33-22-34(42(26-46-18-20-49(2,3)4)27-47-19-21-50(5,6)7)44-36(41-33)32(24-40-44)30-23-39-43(25-30)31-12-10-9-11-13-31/h9-13,22-25,28-29,35H,8,14-21,26-27H2,1-7H3/t28-,29+,35?. The summed E-state index contributed by atoms with van der Waals surface area (Å²) in [6.07, 6.45) is 6.72. The minimum Gasteiger partial charge on any atom is -0.464 e. The van der Waals surface area contributed by atoms with Crippen molar-refractivity contribution in [3.63, 3.8) is 0 Å². The molecule has 0 amide bonds. The summed E-state index contributed by atoms with van der Waals surface area (Å²) < 4.78 is 36.4. The number of esters is 1. The van der Waals surface area contributed by atoms with Crippen LogP contribution in [0.1, 0.15) is 44.2 Å². The molecule has 10 nitrogen and oxygen atoms in total. The van der Waals surface area contributed by atoms with Crippen molar-refractivity contribution in [3.8, 4) is 16.8 Å². The molecule has 4 aromatic rings. The molecule has 0 N–H and O–H groups in total. The van der Waals surface area contributed by atoms with Gasteiger partial charge < -0.3 is 19.1 Å². The van der Waals surface area contributed by atoms with Gasteiger partial charge in [-0.3, -0.25) is 0 Å². The summed E-state index contributed by atoms with van der Waals surface area (Å²) in [7, 11) is -2.56. The van der Waals surface area contributed by atoms with E-state index in [9.17, 15) is 4.79 Å². The topological polar surface area (TPSA) is 96.0 Å². The van der Waals surface area contributed by atoms with Crippen molar-refractivity contribution in [2.45, 2.75) is 96.1 Å². The number of halogens is 1. The maximum absolute atomic E-state index is 15.0. The first-order chi connectivity index (χ1) is 23.8. The predicted octanol–water partition coefficient (Wildman–Crippen LogP) is 8.19. The first-order valence-corrected chi connectivity index (χ1v) is 25.4. The Kier molecular flexibility index (Phi) is 12.7. The van der Waals surface area contributed by atoms with Gasteiger partial charge in [0.1, 0.15) is 19.3 Å². The Morgan fingerprint density at radius 1 is 0.940 bits per heavy atom. The van der Waals surface area contributed by atoms with Gasteiger partial charge in [0.15, 0.2) is 11.8 Å². The molecule has 1 aliphatic rings. The molecule has 3 aromatic heterocycles. The molecule has 3 heterocycles. The van der Waals surface area contributed by atoms with Crippen LogP contribution in [0, 0.1) is 5.92 Å². The minimum absolute atomic E-state index is 0.0988. The van der Waals surface area contributed by atoms with Gasteiger partial charge in [-0.25, -0.2) is 18.9 Å². The van der Waals surface area contributed by atoms with Gasteiger partial charge in [-0.1, -0.05) is 57.5 Å². The summed E-state index contributed by atoms with van der Waals surface area (Å²) in [5.41, 5.74) is 4.38. The summed E-state index contributed by atoms with van der Waals surface area (Å²) in [6, 6.07) is 14.2. The number of nitrogens with zero attached hydrogens (tertiary/aromatic N) is 6. The average Bonchev–Trinajstić information content (AvgIpc) is 3.74. The maximum atomic E-state index is 15.0. The molecule has 50 heavy (non-hydrogen) atoms. The summed E-state index contributed by atoms with van der Waals surface area (Å²) in [5, 5.41) is 9.51.